The van der Waals surface area contributed by atoms with Gasteiger partial charge in [-0.2, -0.15) is 11.8 Å². The molecule has 1 fully saturated rings. The highest BCUT2D eigenvalue weighted by Crippen LogP contribution is 2.34. The molecule has 2 atom stereocenters. The Morgan fingerprint density at radius 1 is 1.36 bits per heavy atom. The zero-order valence-electron chi connectivity index (χ0n) is 12.7. The molecule has 2 aliphatic rings. The molecule has 1 saturated heterocycles. The molecule has 0 aliphatic carbocycles. The number of ether oxygens (including phenoxy) is 2. The molecular weight excluding hydrogens is 318 g/mol. The second kappa shape index (κ2) is 7.51. The lowest BCUT2D eigenvalue weighted by atomic mass is 10.2. The van der Waals surface area contributed by atoms with Crippen LogP contribution >= 0.6 is 23.5 Å². The smallest absolute Gasteiger partial charge is 0.221 e. The molecule has 120 valence electrons. The number of thioether (sulfide) groups is 2. The number of hydrogen-bond acceptors (Lipinski definition) is 5. The van der Waals surface area contributed by atoms with Crippen molar-refractivity contribution in [2.45, 2.75) is 36.0 Å². The predicted molar refractivity (Wildman–Crippen MR) is 91.2 cm³/mol. The highest BCUT2D eigenvalue weighted by molar-refractivity contribution is 8.00. The molecule has 6 heteroatoms. The van der Waals surface area contributed by atoms with Crippen LogP contribution in [-0.2, 0) is 4.79 Å². The predicted octanol–water partition coefficient (Wildman–Crippen LogP) is 2.95. The summed E-state index contributed by atoms with van der Waals surface area (Å²) >= 11 is 3.61. The van der Waals surface area contributed by atoms with Crippen molar-refractivity contribution in [2.75, 3.05) is 24.7 Å². The van der Waals surface area contributed by atoms with Gasteiger partial charge in [0.1, 0.15) is 13.2 Å². The molecule has 0 saturated carbocycles. The summed E-state index contributed by atoms with van der Waals surface area (Å²) in [4.78, 5) is 13.1. The fourth-order valence-electron chi connectivity index (χ4n) is 2.59. The standard InChI is InChI=1S/C16H21NO3S2/c1-11-8-12(10-22-11)17-16(18)4-7-21-13-2-3-14-15(9-13)20-6-5-19-14/h2-3,9,11-12H,4-8,10H2,1H3,(H,17,18). The maximum absolute atomic E-state index is 12.0. The van der Waals surface area contributed by atoms with Crippen molar-refractivity contribution in [3.8, 4) is 11.5 Å². The summed E-state index contributed by atoms with van der Waals surface area (Å²) in [6.07, 6.45) is 1.64. The molecule has 1 aromatic rings. The van der Waals surface area contributed by atoms with Crippen molar-refractivity contribution in [2.24, 2.45) is 0 Å². The molecule has 1 N–H and O–H groups in total. The molecule has 2 unspecified atom stereocenters. The van der Waals surface area contributed by atoms with E-state index >= 15 is 0 Å². The Labute approximate surface area is 139 Å². The third-order valence-electron chi connectivity index (χ3n) is 3.67. The summed E-state index contributed by atoms with van der Waals surface area (Å²) < 4.78 is 11.1. The first-order chi connectivity index (χ1) is 10.7. The van der Waals surface area contributed by atoms with Crippen LogP contribution in [0.4, 0.5) is 0 Å². The molecule has 0 radical (unpaired) electrons. The van der Waals surface area contributed by atoms with Gasteiger partial charge >= 0.3 is 0 Å². The van der Waals surface area contributed by atoms with Gasteiger partial charge in [-0.05, 0) is 24.6 Å². The van der Waals surface area contributed by atoms with Gasteiger partial charge in [0, 0.05) is 34.1 Å². The molecule has 2 aliphatic heterocycles. The van der Waals surface area contributed by atoms with Gasteiger partial charge in [-0.15, -0.1) is 11.8 Å². The quantitative estimate of drug-likeness (QED) is 0.836. The van der Waals surface area contributed by atoms with E-state index in [4.69, 9.17) is 9.47 Å². The monoisotopic (exact) mass is 339 g/mol. The Hall–Kier alpha value is -1.01. The molecule has 1 aromatic carbocycles. The van der Waals surface area contributed by atoms with Crippen LogP contribution in [0.15, 0.2) is 23.1 Å². The number of carbonyl (C=O) groups is 1. The van der Waals surface area contributed by atoms with Crippen LogP contribution < -0.4 is 14.8 Å². The Morgan fingerprint density at radius 2 is 2.18 bits per heavy atom. The maximum atomic E-state index is 12.0. The van der Waals surface area contributed by atoms with Gasteiger partial charge < -0.3 is 14.8 Å². The van der Waals surface area contributed by atoms with Gasteiger partial charge in [-0.1, -0.05) is 6.92 Å². The van der Waals surface area contributed by atoms with E-state index in [0.29, 0.717) is 30.9 Å². The van der Waals surface area contributed by atoms with E-state index < -0.39 is 0 Å². The van der Waals surface area contributed by atoms with Crippen molar-refractivity contribution in [3.63, 3.8) is 0 Å². The number of rotatable bonds is 5. The normalized spacial score (nSPS) is 23.3. The van der Waals surface area contributed by atoms with E-state index in [9.17, 15) is 4.79 Å². The third kappa shape index (κ3) is 4.26. The fraction of sp³-hybridized carbons (Fsp3) is 0.562. The van der Waals surface area contributed by atoms with Crippen molar-refractivity contribution in [1.82, 2.24) is 5.32 Å². The van der Waals surface area contributed by atoms with E-state index in [0.717, 1.165) is 34.3 Å². The number of carbonyl (C=O) groups excluding carboxylic acids is 1. The van der Waals surface area contributed by atoms with Crippen molar-refractivity contribution in [3.05, 3.63) is 18.2 Å². The molecule has 0 spiro atoms. The van der Waals surface area contributed by atoms with Crippen LogP contribution in [0.25, 0.3) is 0 Å². The van der Waals surface area contributed by atoms with Crippen molar-refractivity contribution < 1.29 is 14.3 Å². The van der Waals surface area contributed by atoms with Crippen molar-refractivity contribution in [1.29, 1.82) is 0 Å². The molecule has 1 amide bonds. The lowest BCUT2D eigenvalue weighted by molar-refractivity contribution is -0.121. The van der Waals surface area contributed by atoms with E-state index in [-0.39, 0.29) is 5.91 Å². The Balaban J connectivity index is 1.42. The number of nitrogens with one attached hydrogen (secondary N) is 1. The minimum atomic E-state index is 0.157. The van der Waals surface area contributed by atoms with Gasteiger partial charge in [0.2, 0.25) is 5.91 Å². The summed E-state index contributed by atoms with van der Waals surface area (Å²) in [6, 6.07) is 6.30. The van der Waals surface area contributed by atoms with Gasteiger partial charge in [0.05, 0.1) is 0 Å². The lowest BCUT2D eigenvalue weighted by Gasteiger charge is -2.18. The lowest BCUT2D eigenvalue weighted by Crippen LogP contribution is -2.35. The van der Waals surface area contributed by atoms with Gasteiger partial charge in [0.25, 0.3) is 0 Å². The fourth-order valence-corrected chi connectivity index (χ4v) is 4.62. The first-order valence-electron chi connectivity index (χ1n) is 7.64. The Kier molecular flexibility index (Phi) is 5.41. The zero-order valence-corrected chi connectivity index (χ0v) is 14.3. The van der Waals surface area contributed by atoms with Crippen LogP contribution in [0.2, 0.25) is 0 Å². The maximum Gasteiger partial charge on any atom is 0.221 e. The van der Waals surface area contributed by atoms with Crippen LogP contribution in [-0.4, -0.2) is 41.9 Å². The molecule has 0 bridgehead atoms. The third-order valence-corrected chi connectivity index (χ3v) is 6.03. The first-order valence-corrected chi connectivity index (χ1v) is 9.67. The van der Waals surface area contributed by atoms with Gasteiger partial charge in [-0.3, -0.25) is 4.79 Å². The Morgan fingerprint density at radius 3 is 2.95 bits per heavy atom. The molecule has 3 rings (SSSR count). The molecule has 2 heterocycles. The average Bonchev–Trinajstić information content (AvgIpc) is 2.92. The van der Waals surface area contributed by atoms with Crippen molar-refractivity contribution >= 4 is 29.4 Å². The van der Waals surface area contributed by atoms with Crippen LogP contribution in [0.1, 0.15) is 19.8 Å². The van der Waals surface area contributed by atoms with E-state index in [2.05, 4.69) is 12.2 Å². The molecule has 4 nitrogen and oxygen atoms in total. The van der Waals surface area contributed by atoms with Crippen LogP contribution in [0, 0.1) is 0 Å². The summed E-state index contributed by atoms with van der Waals surface area (Å²) in [5.41, 5.74) is 0. The highest BCUT2D eigenvalue weighted by Gasteiger charge is 2.23. The highest BCUT2D eigenvalue weighted by atomic mass is 32.2. The number of amides is 1. The van der Waals surface area contributed by atoms with Crippen LogP contribution in [0.3, 0.4) is 0 Å². The topological polar surface area (TPSA) is 47.6 Å². The van der Waals surface area contributed by atoms with Gasteiger partial charge in [-0.25, -0.2) is 0 Å². The zero-order chi connectivity index (χ0) is 15.4. The summed E-state index contributed by atoms with van der Waals surface area (Å²) in [5.74, 6) is 3.59. The first kappa shape index (κ1) is 15.9. The van der Waals surface area contributed by atoms with Gasteiger partial charge in [0.15, 0.2) is 11.5 Å². The SMILES string of the molecule is CC1CC(NC(=O)CCSc2ccc3c(c2)OCCO3)CS1. The average molecular weight is 339 g/mol. The molecule has 22 heavy (non-hydrogen) atoms. The second-order valence-corrected chi connectivity index (χ2v) is 8.19. The largest absolute Gasteiger partial charge is 0.486 e. The number of hydrogen-bond donors (Lipinski definition) is 1. The van der Waals surface area contributed by atoms with Crippen LogP contribution in [0.5, 0.6) is 11.5 Å². The second-order valence-electron chi connectivity index (χ2n) is 5.55. The summed E-state index contributed by atoms with van der Waals surface area (Å²) in [6.45, 7) is 3.42. The number of fused-ring (bicyclic) bond motifs is 1. The minimum Gasteiger partial charge on any atom is -0.486 e. The van der Waals surface area contributed by atoms with E-state index in [1.807, 2.05) is 30.0 Å². The molecular formula is C16H21NO3S2. The minimum absolute atomic E-state index is 0.157. The Bertz CT molecular complexity index is 538. The van der Waals surface area contributed by atoms with E-state index in [1.165, 1.54) is 0 Å². The summed E-state index contributed by atoms with van der Waals surface area (Å²) in [5, 5.41) is 3.79. The number of benzene rings is 1. The van der Waals surface area contributed by atoms with E-state index in [1.54, 1.807) is 11.8 Å². The molecule has 0 aromatic heterocycles. The summed E-state index contributed by atoms with van der Waals surface area (Å²) in [7, 11) is 0.